The first-order valence-corrected chi connectivity index (χ1v) is 6.36. The molecule has 1 heterocycles. The molecule has 0 radical (unpaired) electrons. The number of carbonyl (C=O) groups excluding carboxylic acids is 1. The third kappa shape index (κ3) is 2.31. The van der Waals surface area contributed by atoms with E-state index in [0.717, 1.165) is 0 Å². The van der Waals surface area contributed by atoms with Crippen molar-refractivity contribution < 1.29 is 18.5 Å². The quantitative estimate of drug-likeness (QED) is 0.618. The summed E-state index contributed by atoms with van der Waals surface area (Å²) in [5.74, 6) is -0.676. The lowest BCUT2D eigenvalue weighted by Crippen LogP contribution is -2.41. The lowest BCUT2D eigenvalue weighted by Gasteiger charge is -2.32. The Hall–Kier alpha value is -0.905. The minimum absolute atomic E-state index is 0.111. The molecule has 1 fully saturated rings. The number of hydrogen-bond acceptors (Lipinski definition) is 3. The zero-order valence-corrected chi connectivity index (χ0v) is 12.0. The summed E-state index contributed by atoms with van der Waals surface area (Å²) in [6, 6.07) is 2.92. The van der Waals surface area contributed by atoms with E-state index in [1.165, 1.54) is 12.1 Å². The van der Waals surface area contributed by atoms with E-state index in [-0.39, 0.29) is 16.0 Å². The highest BCUT2D eigenvalue weighted by atomic mass is 35.5. The maximum absolute atomic E-state index is 14.2. The van der Waals surface area contributed by atoms with Crippen LogP contribution in [0.4, 0.5) is 4.39 Å². The first-order chi connectivity index (χ1) is 8.69. The van der Waals surface area contributed by atoms with Gasteiger partial charge < -0.3 is 9.31 Å². The smallest absolute Gasteiger partial charge is 0.399 e. The summed E-state index contributed by atoms with van der Waals surface area (Å²) in [5.41, 5.74) is -0.798. The molecule has 2 rings (SSSR count). The highest BCUT2D eigenvalue weighted by Gasteiger charge is 2.52. The maximum Gasteiger partial charge on any atom is 0.497 e. The second-order valence-electron chi connectivity index (χ2n) is 5.58. The van der Waals surface area contributed by atoms with Crippen LogP contribution in [0.5, 0.6) is 0 Å². The number of hydrogen-bond donors (Lipinski definition) is 0. The van der Waals surface area contributed by atoms with E-state index in [1.807, 2.05) is 27.7 Å². The van der Waals surface area contributed by atoms with Gasteiger partial charge in [0.15, 0.2) is 6.29 Å². The summed E-state index contributed by atoms with van der Waals surface area (Å²) in [6.45, 7) is 7.53. The van der Waals surface area contributed by atoms with Crippen LogP contribution < -0.4 is 5.46 Å². The predicted molar refractivity (Wildman–Crippen MR) is 72.5 cm³/mol. The Bertz CT molecular complexity index is 515. The lowest BCUT2D eigenvalue weighted by atomic mass is 9.78. The SMILES string of the molecule is CC1(C)OB(c2ccc(C=O)c(Cl)c2F)OC1(C)C. The van der Waals surface area contributed by atoms with Crippen molar-refractivity contribution in [3.8, 4) is 0 Å². The molecule has 6 heteroatoms. The van der Waals surface area contributed by atoms with Gasteiger partial charge in [-0.3, -0.25) is 4.79 Å². The summed E-state index contributed by atoms with van der Waals surface area (Å²) in [6.07, 6.45) is 0.513. The van der Waals surface area contributed by atoms with Crippen molar-refractivity contribution in [1.82, 2.24) is 0 Å². The fourth-order valence-corrected chi connectivity index (χ4v) is 2.04. The average molecular weight is 285 g/mol. The van der Waals surface area contributed by atoms with Crippen LogP contribution in [0.25, 0.3) is 0 Å². The number of rotatable bonds is 2. The van der Waals surface area contributed by atoms with E-state index in [4.69, 9.17) is 20.9 Å². The van der Waals surface area contributed by atoms with Crippen LogP contribution >= 0.6 is 11.6 Å². The van der Waals surface area contributed by atoms with Gasteiger partial charge in [0.05, 0.1) is 16.2 Å². The molecular formula is C13H15BClFO3. The van der Waals surface area contributed by atoms with Crippen LogP contribution in [-0.2, 0) is 9.31 Å². The molecule has 1 aliphatic heterocycles. The van der Waals surface area contributed by atoms with Gasteiger partial charge in [-0.15, -0.1) is 0 Å². The van der Waals surface area contributed by atoms with Crippen molar-refractivity contribution in [2.24, 2.45) is 0 Å². The molecule has 0 amide bonds. The van der Waals surface area contributed by atoms with Crippen molar-refractivity contribution in [2.75, 3.05) is 0 Å². The van der Waals surface area contributed by atoms with Gasteiger partial charge >= 0.3 is 7.12 Å². The Labute approximate surface area is 117 Å². The van der Waals surface area contributed by atoms with Crippen LogP contribution in [0, 0.1) is 5.82 Å². The minimum atomic E-state index is -0.830. The normalized spacial score (nSPS) is 20.6. The monoisotopic (exact) mass is 284 g/mol. The maximum atomic E-state index is 14.2. The Morgan fingerprint density at radius 2 is 1.74 bits per heavy atom. The van der Waals surface area contributed by atoms with Crippen molar-refractivity contribution >= 4 is 30.5 Å². The molecule has 0 bridgehead atoms. The fraction of sp³-hybridized carbons (Fsp3) is 0.462. The van der Waals surface area contributed by atoms with E-state index in [0.29, 0.717) is 6.29 Å². The van der Waals surface area contributed by atoms with Gasteiger partial charge in [-0.2, -0.15) is 0 Å². The summed E-state index contributed by atoms with van der Waals surface area (Å²) >= 11 is 5.80. The van der Waals surface area contributed by atoms with Crippen LogP contribution in [0.2, 0.25) is 5.02 Å². The summed E-state index contributed by atoms with van der Waals surface area (Å²) < 4.78 is 25.7. The van der Waals surface area contributed by atoms with Crippen LogP contribution in [0.1, 0.15) is 38.1 Å². The van der Waals surface area contributed by atoms with E-state index in [2.05, 4.69) is 0 Å². The van der Waals surface area contributed by atoms with E-state index in [1.54, 1.807) is 0 Å². The molecule has 0 N–H and O–H groups in total. The molecule has 1 aliphatic rings. The first-order valence-electron chi connectivity index (χ1n) is 5.98. The van der Waals surface area contributed by atoms with Gasteiger partial charge in [-0.1, -0.05) is 23.7 Å². The second-order valence-corrected chi connectivity index (χ2v) is 5.96. The predicted octanol–water partition coefficient (Wildman–Crippen LogP) is 2.59. The molecule has 0 aromatic heterocycles. The Kier molecular flexibility index (Phi) is 3.50. The number of carbonyl (C=O) groups is 1. The highest BCUT2D eigenvalue weighted by molar-refractivity contribution is 6.62. The molecule has 0 atom stereocenters. The fourth-order valence-electron chi connectivity index (χ4n) is 1.82. The van der Waals surface area contributed by atoms with Crippen molar-refractivity contribution in [3.05, 3.63) is 28.5 Å². The van der Waals surface area contributed by atoms with Crippen molar-refractivity contribution in [1.29, 1.82) is 0 Å². The third-order valence-corrected chi connectivity index (χ3v) is 4.16. The molecule has 1 aromatic carbocycles. The van der Waals surface area contributed by atoms with Gasteiger partial charge in [0.1, 0.15) is 5.82 Å². The standard InChI is InChI=1S/C13H15BClFO3/c1-12(2)13(3,4)19-14(18-12)9-6-5-8(7-17)10(15)11(9)16/h5-7H,1-4H3. The van der Waals surface area contributed by atoms with E-state index >= 15 is 0 Å². The van der Waals surface area contributed by atoms with Gasteiger partial charge in [0, 0.05) is 11.0 Å². The molecular weight excluding hydrogens is 269 g/mol. The largest absolute Gasteiger partial charge is 0.497 e. The van der Waals surface area contributed by atoms with Crippen LogP contribution in [0.3, 0.4) is 0 Å². The minimum Gasteiger partial charge on any atom is -0.399 e. The highest BCUT2D eigenvalue weighted by Crippen LogP contribution is 2.37. The molecule has 1 aromatic rings. The van der Waals surface area contributed by atoms with E-state index in [9.17, 15) is 9.18 Å². The Morgan fingerprint density at radius 3 is 2.21 bits per heavy atom. The molecule has 3 nitrogen and oxygen atoms in total. The summed E-state index contributed by atoms with van der Waals surface area (Å²) in [5, 5.41) is -0.206. The first kappa shape index (κ1) is 14.5. The van der Waals surface area contributed by atoms with Crippen molar-refractivity contribution in [2.45, 2.75) is 38.9 Å². The number of benzene rings is 1. The van der Waals surface area contributed by atoms with Gasteiger partial charge in [-0.05, 0) is 27.7 Å². The zero-order chi connectivity index (χ0) is 14.4. The molecule has 102 valence electrons. The zero-order valence-electron chi connectivity index (χ0n) is 11.3. The van der Waals surface area contributed by atoms with Gasteiger partial charge in [-0.25, -0.2) is 4.39 Å². The summed E-state index contributed by atoms with van der Waals surface area (Å²) in [7, 11) is -0.830. The number of aldehydes is 1. The molecule has 19 heavy (non-hydrogen) atoms. The van der Waals surface area contributed by atoms with Crippen LogP contribution in [-0.4, -0.2) is 24.6 Å². The van der Waals surface area contributed by atoms with Crippen molar-refractivity contribution in [3.63, 3.8) is 0 Å². The average Bonchev–Trinajstić information content (AvgIpc) is 2.51. The Morgan fingerprint density at radius 1 is 1.21 bits per heavy atom. The lowest BCUT2D eigenvalue weighted by molar-refractivity contribution is 0.00578. The third-order valence-electron chi connectivity index (χ3n) is 3.78. The Balaban J connectivity index is 2.41. The molecule has 0 spiro atoms. The van der Waals surface area contributed by atoms with Gasteiger partial charge in [0.2, 0.25) is 0 Å². The van der Waals surface area contributed by atoms with Gasteiger partial charge in [0.25, 0.3) is 0 Å². The van der Waals surface area contributed by atoms with E-state index < -0.39 is 24.1 Å². The summed E-state index contributed by atoms with van der Waals surface area (Å²) in [4.78, 5) is 10.7. The number of halogens is 2. The molecule has 0 unspecified atom stereocenters. The topological polar surface area (TPSA) is 35.5 Å². The molecule has 0 saturated carbocycles. The van der Waals surface area contributed by atoms with Crippen LogP contribution in [0.15, 0.2) is 12.1 Å². The second kappa shape index (κ2) is 4.58. The molecule has 1 saturated heterocycles. The molecule has 0 aliphatic carbocycles.